The van der Waals surface area contributed by atoms with Crippen molar-refractivity contribution >= 4 is 17.3 Å². The molecule has 1 rings (SSSR count). The van der Waals surface area contributed by atoms with E-state index in [0.717, 1.165) is 0 Å². The monoisotopic (exact) mass is 196 g/mol. The standard InChI is InChI=1S/C6H6ClFN2.ClH/c7-5-3-4(10-9)1-2-6(5)8;/h1-3,10H,9H2;1H. The average Bonchev–Trinajstić information content (AvgIpc) is 1.95. The molecule has 0 aromatic heterocycles. The van der Waals surface area contributed by atoms with Crippen LogP contribution in [0, 0.1) is 5.82 Å². The van der Waals surface area contributed by atoms with E-state index in [1.54, 1.807) is 6.07 Å². The Labute approximate surface area is 74.9 Å². The van der Waals surface area contributed by atoms with Gasteiger partial charge in [0, 0.05) is 0 Å². The largest absolute Gasteiger partial charge is 1.00 e. The number of hydrogen-bond acceptors (Lipinski definition) is 1. The molecule has 0 spiro atoms. The Morgan fingerprint density at radius 3 is 2.55 bits per heavy atom. The van der Waals surface area contributed by atoms with Crippen molar-refractivity contribution in [1.29, 1.82) is 0 Å². The molecular weight excluding hydrogens is 190 g/mol. The summed E-state index contributed by atoms with van der Waals surface area (Å²) in [5.74, 6) is 2.98. The van der Waals surface area contributed by atoms with Crippen molar-refractivity contribution in [2.24, 2.45) is 0 Å². The fraction of sp³-hybridized carbons (Fsp3) is 0. The van der Waals surface area contributed by atoms with Crippen molar-refractivity contribution in [2.45, 2.75) is 0 Å². The lowest BCUT2D eigenvalue weighted by Crippen LogP contribution is -3.00. The van der Waals surface area contributed by atoms with Crippen molar-refractivity contribution in [3.8, 4) is 0 Å². The van der Waals surface area contributed by atoms with Crippen molar-refractivity contribution in [2.75, 3.05) is 5.43 Å². The van der Waals surface area contributed by atoms with Gasteiger partial charge in [0.05, 0.1) is 10.7 Å². The summed E-state index contributed by atoms with van der Waals surface area (Å²) < 4.78 is 12.5. The van der Waals surface area contributed by atoms with Gasteiger partial charge in [-0.2, -0.15) is 0 Å². The molecule has 1 aromatic rings. The van der Waals surface area contributed by atoms with Gasteiger partial charge in [0.15, 0.2) is 0 Å². The minimum absolute atomic E-state index is 0. The fourth-order valence-electron chi connectivity index (χ4n) is 0.606. The number of hydrogen-bond donors (Lipinski definition) is 2. The molecule has 0 radical (unpaired) electrons. The van der Waals surface area contributed by atoms with Gasteiger partial charge in [-0.1, -0.05) is 11.6 Å². The van der Waals surface area contributed by atoms with Gasteiger partial charge in [0.1, 0.15) is 5.82 Å². The second-order valence-electron chi connectivity index (χ2n) is 1.81. The molecule has 62 valence electrons. The molecule has 0 aliphatic carbocycles. The number of quaternary nitrogens is 1. The van der Waals surface area contributed by atoms with Crippen LogP contribution in [0.2, 0.25) is 5.02 Å². The van der Waals surface area contributed by atoms with E-state index in [9.17, 15) is 4.39 Å². The third kappa shape index (κ3) is 2.54. The SMILES string of the molecule is [Cl-].[NH3+]Nc1ccc(F)c(Cl)c1. The van der Waals surface area contributed by atoms with Gasteiger partial charge in [0.25, 0.3) is 0 Å². The van der Waals surface area contributed by atoms with Crippen LogP contribution in [-0.2, 0) is 0 Å². The van der Waals surface area contributed by atoms with Crippen molar-refractivity contribution in [1.82, 2.24) is 0 Å². The zero-order valence-electron chi connectivity index (χ0n) is 5.57. The number of halogens is 3. The van der Waals surface area contributed by atoms with E-state index in [4.69, 9.17) is 11.6 Å². The Balaban J connectivity index is 0.000001000. The molecule has 0 aliphatic rings. The third-order valence-electron chi connectivity index (χ3n) is 1.12. The molecule has 0 bridgehead atoms. The van der Waals surface area contributed by atoms with Crippen molar-refractivity contribution < 1.29 is 22.6 Å². The highest BCUT2D eigenvalue weighted by molar-refractivity contribution is 6.31. The van der Waals surface area contributed by atoms with Gasteiger partial charge in [-0.15, -0.1) is 0 Å². The lowest BCUT2D eigenvalue weighted by molar-refractivity contribution is -0.325. The van der Waals surface area contributed by atoms with Crippen LogP contribution in [0.3, 0.4) is 0 Å². The molecule has 2 nitrogen and oxygen atoms in total. The number of nitrogens with one attached hydrogen (secondary N) is 1. The van der Waals surface area contributed by atoms with Gasteiger partial charge < -0.3 is 12.4 Å². The van der Waals surface area contributed by atoms with Crippen LogP contribution in [-0.4, -0.2) is 0 Å². The van der Waals surface area contributed by atoms with Crippen LogP contribution >= 0.6 is 11.6 Å². The van der Waals surface area contributed by atoms with Gasteiger partial charge in [-0.3, -0.25) is 5.84 Å². The minimum Gasteiger partial charge on any atom is -1.00 e. The second-order valence-corrected chi connectivity index (χ2v) is 2.21. The Hall–Kier alpha value is -0.510. The third-order valence-corrected chi connectivity index (χ3v) is 1.41. The lowest BCUT2D eigenvalue weighted by Gasteiger charge is -1.96. The quantitative estimate of drug-likeness (QED) is 0.505. The maximum atomic E-state index is 12.5. The van der Waals surface area contributed by atoms with Crippen LogP contribution in [0.5, 0.6) is 0 Å². The first-order valence-electron chi connectivity index (χ1n) is 2.72. The topological polar surface area (TPSA) is 39.7 Å². The van der Waals surface area contributed by atoms with E-state index in [-0.39, 0.29) is 17.4 Å². The van der Waals surface area contributed by atoms with E-state index < -0.39 is 5.82 Å². The van der Waals surface area contributed by atoms with Crippen LogP contribution in [0.15, 0.2) is 18.2 Å². The van der Waals surface area contributed by atoms with E-state index in [2.05, 4.69) is 11.3 Å². The molecule has 0 aliphatic heterocycles. The van der Waals surface area contributed by atoms with Crippen LogP contribution < -0.4 is 23.7 Å². The van der Waals surface area contributed by atoms with E-state index >= 15 is 0 Å². The first kappa shape index (κ1) is 10.5. The summed E-state index contributed by atoms with van der Waals surface area (Å²) in [6.07, 6.45) is 0. The van der Waals surface area contributed by atoms with E-state index in [1.807, 2.05) is 0 Å². The summed E-state index contributed by atoms with van der Waals surface area (Å²) in [4.78, 5) is 0. The Morgan fingerprint density at radius 1 is 1.45 bits per heavy atom. The van der Waals surface area contributed by atoms with Gasteiger partial charge >= 0.3 is 0 Å². The molecule has 0 atom stereocenters. The Morgan fingerprint density at radius 2 is 2.09 bits per heavy atom. The first-order valence-corrected chi connectivity index (χ1v) is 3.10. The summed E-state index contributed by atoms with van der Waals surface area (Å²) >= 11 is 5.45. The molecule has 5 heteroatoms. The van der Waals surface area contributed by atoms with Crippen LogP contribution in [0.1, 0.15) is 0 Å². The lowest BCUT2D eigenvalue weighted by atomic mass is 10.3. The van der Waals surface area contributed by atoms with Crippen LogP contribution in [0.4, 0.5) is 10.1 Å². The van der Waals surface area contributed by atoms with Crippen LogP contribution in [0.25, 0.3) is 0 Å². The van der Waals surface area contributed by atoms with E-state index in [1.165, 1.54) is 12.1 Å². The summed E-state index contributed by atoms with van der Waals surface area (Å²) in [5, 5.41) is 0.105. The maximum Gasteiger partial charge on any atom is 0.141 e. The van der Waals surface area contributed by atoms with Gasteiger partial charge in [-0.25, -0.2) is 9.82 Å². The summed E-state index contributed by atoms with van der Waals surface area (Å²) in [6, 6.07) is 4.33. The molecule has 1 aromatic carbocycles. The molecule has 0 saturated heterocycles. The van der Waals surface area contributed by atoms with Crippen molar-refractivity contribution in [3.63, 3.8) is 0 Å². The molecule has 11 heavy (non-hydrogen) atoms. The zero-order chi connectivity index (χ0) is 7.56. The molecule has 4 N–H and O–H groups in total. The molecule has 0 fully saturated rings. The maximum absolute atomic E-state index is 12.5. The summed E-state index contributed by atoms with van der Waals surface area (Å²) in [6.45, 7) is 0. The summed E-state index contributed by atoms with van der Waals surface area (Å²) in [5.41, 5.74) is 3.29. The average molecular weight is 197 g/mol. The van der Waals surface area contributed by atoms with Gasteiger partial charge in [-0.05, 0) is 18.2 Å². The Kier molecular flexibility index (Phi) is 4.18. The molecule has 0 heterocycles. The second kappa shape index (κ2) is 4.38. The highest BCUT2D eigenvalue weighted by atomic mass is 35.5. The first-order chi connectivity index (χ1) is 4.74. The highest BCUT2D eigenvalue weighted by Crippen LogP contribution is 2.17. The number of rotatable bonds is 1. The fourth-order valence-corrected chi connectivity index (χ4v) is 0.787. The number of benzene rings is 1. The molecule has 0 unspecified atom stereocenters. The zero-order valence-corrected chi connectivity index (χ0v) is 7.08. The van der Waals surface area contributed by atoms with Gasteiger partial charge in [0.2, 0.25) is 0 Å². The highest BCUT2D eigenvalue weighted by Gasteiger charge is 1.98. The molecule has 0 amide bonds. The normalized spacial score (nSPS) is 8.64. The predicted molar refractivity (Wildman–Crippen MR) is 37.9 cm³/mol. The number of anilines is 1. The molecule has 0 saturated carbocycles. The van der Waals surface area contributed by atoms with E-state index in [0.29, 0.717) is 5.69 Å². The smallest absolute Gasteiger partial charge is 0.141 e. The molecular formula is C6H7Cl2FN2. The van der Waals surface area contributed by atoms with Crippen molar-refractivity contribution in [3.05, 3.63) is 29.0 Å². The summed E-state index contributed by atoms with van der Waals surface area (Å²) in [7, 11) is 0. The predicted octanol–water partition coefficient (Wildman–Crippen LogP) is -1.95. The minimum atomic E-state index is -0.416. The Bertz CT molecular complexity index is 242.